The fourth-order valence-electron chi connectivity index (χ4n) is 1.70. The number of benzene rings is 1. The Morgan fingerprint density at radius 2 is 2.06 bits per heavy atom. The van der Waals surface area contributed by atoms with Crippen molar-refractivity contribution >= 4 is 5.97 Å². The lowest BCUT2D eigenvalue weighted by Gasteiger charge is -2.12. The van der Waals surface area contributed by atoms with Gasteiger partial charge in [0, 0.05) is 5.56 Å². The Hall–Kier alpha value is -1.55. The van der Waals surface area contributed by atoms with Crippen molar-refractivity contribution in [1.82, 2.24) is 0 Å². The van der Waals surface area contributed by atoms with Crippen LogP contribution in [0.4, 0.5) is 0 Å². The van der Waals surface area contributed by atoms with E-state index in [1.165, 1.54) is 12.0 Å². The summed E-state index contributed by atoms with van der Waals surface area (Å²) in [5.41, 5.74) is 1.60. The predicted octanol–water partition coefficient (Wildman–Crippen LogP) is 0.906. The highest BCUT2D eigenvalue weighted by Crippen LogP contribution is 2.21. The Bertz CT molecular complexity index is 402. The van der Waals surface area contributed by atoms with E-state index in [1.807, 2.05) is 25.1 Å². The van der Waals surface area contributed by atoms with Crippen molar-refractivity contribution in [2.24, 2.45) is 0 Å². The summed E-state index contributed by atoms with van der Waals surface area (Å²) < 4.78 is 10.4. The summed E-state index contributed by atoms with van der Waals surface area (Å²) in [6.07, 6.45) is 0.907. The molecular formula is C14H22NO3+. The van der Waals surface area contributed by atoms with Gasteiger partial charge >= 0.3 is 5.97 Å². The Labute approximate surface area is 108 Å². The second-order valence-corrected chi connectivity index (χ2v) is 4.55. The van der Waals surface area contributed by atoms with Crippen molar-refractivity contribution in [3.05, 3.63) is 29.3 Å². The first-order valence-corrected chi connectivity index (χ1v) is 6.21. The molecule has 1 aromatic carbocycles. The van der Waals surface area contributed by atoms with Gasteiger partial charge < -0.3 is 14.4 Å². The van der Waals surface area contributed by atoms with Crippen molar-refractivity contribution in [1.29, 1.82) is 0 Å². The first-order valence-electron chi connectivity index (χ1n) is 6.21. The molecule has 0 aliphatic rings. The SMILES string of the molecule is CCCOc1ccc(C[NH+](C)C)cc1C(=O)OC. The summed E-state index contributed by atoms with van der Waals surface area (Å²) in [5.74, 6) is 0.248. The van der Waals surface area contributed by atoms with Crippen molar-refractivity contribution in [2.45, 2.75) is 19.9 Å². The van der Waals surface area contributed by atoms with Crippen LogP contribution in [0.3, 0.4) is 0 Å². The molecule has 0 heterocycles. The lowest BCUT2D eigenvalue weighted by Crippen LogP contribution is -3.04. The van der Waals surface area contributed by atoms with E-state index in [4.69, 9.17) is 9.47 Å². The molecule has 4 nitrogen and oxygen atoms in total. The Balaban J connectivity index is 3.00. The van der Waals surface area contributed by atoms with E-state index in [0.717, 1.165) is 18.5 Å². The number of esters is 1. The van der Waals surface area contributed by atoms with E-state index in [2.05, 4.69) is 14.1 Å². The first-order chi connectivity index (χ1) is 8.58. The summed E-state index contributed by atoms with van der Waals surface area (Å²) >= 11 is 0. The van der Waals surface area contributed by atoms with Crippen LogP contribution in [0.5, 0.6) is 5.75 Å². The van der Waals surface area contributed by atoms with Gasteiger partial charge in [-0.05, 0) is 24.6 Å². The number of rotatable bonds is 6. The third-order valence-corrected chi connectivity index (χ3v) is 2.47. The van der Waals surface area contributed by atoms with E-state index < -0.39 is 0 Å². The van der Waals surface area contributed by atoms with Gasteiger partial charge in [0.15, 0.2) is 0 Å². The van der Waals surface area contributed by atoms with Crippen molar-refractivity contribution in [2.75, 3.05) is 27.8 Å². The fourth-order valence-corrected chi connectivity index (χ4v) is 1.70. The van der Waals surface area contributed by atoms with Gasteiger partial charge in [-0.2, -0.15) is 0 Å². The molecule has 0 aliphatic heterocycles. The molecule has 1 aromatic rings. The van der Waals surface area contributed by atoms with Crippen molar-refractivity contribution in [3.63, 3.8) is 0 Å². The van der Waals surface area contributed by atoms with Crippen molar-refractivity contribution in [3.8, 4) is 5.75 Å². The molecule has 0 fully saturated rings. The number of hydrogen-bond acceptors (Lipinski definition) is 3. The highest BCUT2D eigenvalue weighted by atomic mass is 16.5. The van der Waals surface area contributed by atoms with Crippen molar-refractivity contribution < 1.29 is 19.2 Å². The van der Waals surface area contributed by atoms with Gasteiger partial charge in [-0.15, -0.1) is 0 Å². The van der Waals surface area contributed by atoms with E-state index >= 15 is 0 Å². The molecule has 18 heavy (non-hydrogen) atoms. The standard InChI is InChI=1S/C14H21NO3/c1-5-8-18-13-7-6-11(10-15(2)3)9-12(13)14(16)17-4/h6-7,9H,5,8,10H2,1-4H3/p+1. The van der Waals surface area contributed by atoms with Gasteiger partial charge in [0.25, 0.3) is 0 Å². The number of ether oxygens (including phenoxy) is 2. The van der Waals surface area contributed by atoms with Gasteiger partial charge in [-0.3, -0.25) is 0 Å². The maximum atomic E-state index is 11.7. The summed E-state index contributed by atoms with van der Waals surface area (Å²) in [6.45, 7) is 3.49. The second-order valence-electron chi connectivity index (χ2n) is 4.55. The van der Waals surface area contributed by atoms with Crippen LogP contribution in [0.25, 0.3) is 0 Å². The Morgan fingerprint density at radius 3 is 2.61 bits per heavy atom. The van der Waals surface area contributed by atoms with Crippen LogP contribution in [0.1, 0.15) is 29.3 Å². The van der Waals surface area contributed by atoms with Crippen LogP contribution in [0.2, 0.25) is 0 Å². The van der Waals surface area contributed by atoms with Gasteiger partial charge in [-0.25, -0.2) is 4.79 Å². The lowest BCUT2D eigenvalue weighted by molar-refractivity contribution is -0.872. The molecule has 0 unspecified atom stereocenters. The average Bonchev–Trinajstić information content (AvgIpc) is 2.35. The number of quaternary nitrogens is 1. The lowest BCUT2D eigenvalue weighted by atomic mass is 10.1. The quantitative estimate of drug-likeness (QED) is 0.765. The first kappa shape index (κ1) is 14.5. The summed E-state index contributed by atoms with van der Waals surface area (Å²) in [5, 5.41) is 0. The highest BCUT2D eigenvalue weighted by Gasteiger charge is 2.14. The van der Waals surface area contributed by atoms with E-state index in [1.54, 1.807) is 0 Å². The zero-order chi connectivity index (χ0) is 13.5. The van der Waals surface area contributed by atoms with Crippen LogP contribution >= 0.6 is 0 Å². The summed E-state index contributed by atoms with van der Waals surface area (Å²) in [7, 11) is 5.52. The molecule has 0 bridgehead atoms. The number of carbonyl (C=O) groups is 1. The zero-order valence-electron chi connectivity index (χ0n) is 11.6. The third-order valence-electron chi connectivity index (χ3n) is 2.47. The molecule has 0 aliphatic carbocycles. The van der Waals surface area contributed by atoms with E-state index in [0.29, 0.717) is 17.9 Å². The molecule has 0 saturated carbocycles. The molecule has 0 saturated heterocycles. The fraction of sp³-hybridized carbons (Fsp3) is 0.500. The minimum absolute atomic E-state index is 0.350. The monoisotopic (exact) mass is 252 g/mol. The van der Waals surface area contributed by atoms with Crippen LogP contribution < -0.4 is 9.64 Å². The average molecular weight is 252 g/mol. The molecule has 0 radical (unpaired) electrons. The van der Waals surface area contributed by atoms with Crippen LogP contribution in [-0.4, -0.2) is 33.8 Å². The topological polar surface area (TPSA) is 40.0 Å². The summed E-state index contributed by atoms with van der Waals surface area (Å²) in [4.78, 5) is 13.0. The van der Waals surface area contributed by atoms with E-state index in [9.17, 15) is 4.79 Å². The minimum atomic E-state index is -0.350. The van der Waals surface area contributed by atoms with Gasteiger partial charge in [0.1, 0.15) is 17.9 Å². The molecule has 4 heteroatoms. The third kappa shape index (κ3) is 4.04. The minimum Gasteiger partial charge on any atom is -0.493 e. The smallest absolute Gasteiger partial charge is 0.341 e. The maximum Gasteiger partial charge on any atom is 0.341 e. The van der Waals surface area contributed by atoms with Gasteiger partial charge in [0.2, 0.25) is 0 Å². The molecule has 0 atom stereocenters. The molecule has 0 amide bonds. The zero-order valence-corrected chi connectivity index (χ0v) is 11.6. The number of methoxy groups -OCH3 is 1. The molecule has 100 valence electrons. The molecule has 0 spiro atoms. The van der Waals surface area contributed by atoms with Gasteiger partial charge in [-0.1, -0.05) is 6.92 Å². The van der Waals surface area contributed by atoms with E-state index in [-0.39, 0.29) is 5.97 Å². The van der Waals surface area contributed by atoms with Crippen LogP contribution in [0.15, 0.2) is 18.2 Å². The molecule has 1 N–H and O–H groups in total. The normalized spacial score (nSPS) is 10.5. The predicted molar refractivity (Wildman–Crippen MR) is 70.1 cm³/mol. The van der Waals surface area contributed by atoms with Crippen LogP contribution in [0, 0.1) is 0 Å². The highest BCUT2D eigenvalue weighted by molar-refractivity contribution is 5.92. The molecular weight excluding hydrogens is 230 g/mol. The largest absolute Gasteiger partial charge is 0.493 e. The van der Waals surface area contributed by atoms with Gasteiger partial charge in [0.05, 0.1) is 27.8 Å². The number of carbonyl (C=O) groups excluding carboxylic acids is 1. The summed E-state index contributed by atoms with van der Waals surface area (Å²) in [6, 6.07) is 5.69. The van der Waals surface area contributed by atoms with Crippen LogP contribution in [-0.2, 0) is 11.3 Å². The Morgan fingerprint density at radius 1 is 1.33 bits per heavy atom. The second kappa shape index (κ2) is 7.01. The Kier molecular flexibility index (Phi) is 5.65. The molecule has 1 rings (SSSR count). The number of hydrogen-bond donors (Lipinski definition) is 1. The molecule has 0 aromatic heterocycles. The number of nitrogens with one attached hydrogen (secondary N) is 1. The maximum absolute atomic E-state index is 11.7.